The molecule has 1 rings (SSSR count). The molecule has 0 aromatic heterocycles. The predicted octanol–water partition coefficient (Wildman–Crippen LogP) is -0.220. The summed E-state index contributed by atoms with van der Waals surface area (Å²) in [6.45, 7) is 1.83. The Bertz CT molecular complexity index is 223. The number of nitrogens with zero attached hydrogens (tertiary/aromatic N) is 1. The summed E-state index contributed by atoms with van der Waals surface area (Å²) < 4.78 is 12.5. The largest absolute Gasteiger partial charge is 0.381 e. The van der Waals surface area contributed by atoms with Gasteiger partial charge >= 0.3 is 0 Å². The Balaban J connectivity index is 2.84. The lowest BCUT2D eigenvalue weighted by atomic mass is 10.2. The van der Waals surface area contributed by atoms with E-state index in [9.17, 15) is 4.39 Å². The van der Waals surface area contributed by atoms with Gasteiger partial charge in [-0.05, 0) is 0 Å². The zero-order valence-corrected chi connectivity index (χ0v) is 6.26. The van der Waals surface area contributed by atoms with E-state index < -0.39 is 11.6 Å². The number of nitrogens with one attached hydrogen (secondary N) is 1. The van der Waals surface area contributed by atoms with E-state index in [2.05, 4.69) is 10.3 Å². The normalized spacial score (nSPS) is 30.5. The van der Waals surface area contributed by atoms with Crippen molar-refractivity contribution in [2.45, 2.75) is 19.1 Å². The van der Waals surface area contributed by atoms with Gasteiger partial charge < -0.3 is 11.1 Å². The molecule has 1 atom stereocenters. The van der Waals surface area contributed by atoms with Crippen LogP contribution in [0.4, 0.5) is 4.39 Å². The van der Waals surface area contributed by atoms with Gasteiger partial charge in [-0.3, -0.25) is 5.73 Å². The Kier molecular flexibility index (Phi) is 1.82. The van der Waals surface area contributed by atoms with E-state index in [-0.39, 0.29) is 5.84 Å². The second-order valence-corrected chi connectivity index (χ2v) is 2.41. The average molecular weight is 158 g/mol. The van der Waals surface area contributed by atoms with Crippen LogP contribution in [0.3, 0.4) is 0 Å². The van der Waals surface area contributed by atoms with Crippen LogP contribution < -0.4 is 16.8 Å². The van der Waals surface area contributed by atoms with Gasteiger partial charge in [-0.25, -0.2) is 9.38 Å². The first-order valence-corrected chi connectivity index (χ1v) is 3.35. The maximum absolute atomic E-state index is 12.5. The van der Waals surface area contributed by atoms with Gasteiger partial charge in [-0.2, -0.15) is 0 Å². The zero-order chi connectivity index (χ0) is 8.48. The maximum Gasteiger partial charge on any atom is 0.184 e. The van der Waals surface area contributed by atoms with Gasteiger partial charge in [0.2, 0.25) is 0 Å². The molecular formula is C6H11FN4. The van der Waals surface area contributed by atoms with E-state index in [0.29, 0.717) is 6.42 Å². The van der Waals surface area contributed by atoms with Crippen molar-refractivity contribution < 1.29 is 4.39 Å². The molecule has 4 nitrogen and oxygen atoms in total. The fraction of sp³-hybridized carbons (Fsp3) is 0.500. The Morgan fingerprint density at radius 3 is 2.91 bits per heavy atom. The van der Waals surface area contributed by atoms with Gasteiger partial charge in [0, 0.05) is 12.6 Å². The van der Waals surface area contributed by atoms with Crippen LogP contribution in [0.1, 0.15) is 13.3 Å². The summed E-state index contributed by atoms with van der Waals surface area (Å²) >= 11 is 0. The summed E-state index contributed by atoms with van der Waals surface area (Å²) in [6.07, 6.45) is 1.68. The second kappa shape index (κ2) is 2.50. The molecule has 0 amide bonds. The lowest BCUT2D eigenvalue weighted by Gasteiger charge is -2.27. The van der Waals surface area contributed by atoms with Crippen molar-refractivity contribution in [1.82, 2.24) is 5.32 Å². The first-order chi connectivity index (χ1) is 5.07. The molecular weight excluding hydrogens is 147 g/mol. The van der Waals surface area contributed by atoms with Gasteiger partial charge in [0.1, 0.15) is 0 Å². The second-order valence-electron chi connectivity index (χ2n) is 2.41. The van der Waals surface area contributed by atoms with E-state index in [1.807, 2.05) is 6.92 Å². The standard InChI is InChI=1S/C6H11FN4/c1-2-6(9)10-3-4(7)5(8)11-6/h3,10H,2,9H2,1H3,(H2,8,11). The fourth-order valence-corrected chi connectivity index (χ4v) is 0.744. The molecule has 0 bridgehead atoms. The number of halogens is 1. The van der Waals surface area contributed by atoms with Crippen molar-refractivity contribution in [3.63, 3.8) is 0 Å². The van der Waals surface area contributed by atoms with Crippen LogP contribution in [0, 0.1) is 0 Å². The average Bonchev–Trinajstić information content (AvgIpc) is 1.98. The number of aliphatic imine (C=N–C) groups is 1. The first-order valence-electron chi connectivity index (χ1n) is 3.35. The Morgan fingerprint density at radius 1 is 1.82 bits per heavy atom. The van der Waals surface area contributed by atoms with Crippen LogP contribution in [-0.4, -0.2) is 11.6 Å². The van der Waals surface area contributed by atoms with Gasteiger partial charge in [-0.1, -0.05) is 6.92 Å². The lowest BCUT2D eigenvalue weighted by Crippen LogP contribution is -2.52. The van der Waals surface area contributed by atoms with Crippen molar-refractivity contribution in [3.8, 4) is 0 Å². The smallest absolute Gasteiger partial charge is 0.184 e. The van der Waals surface area contributed by atoms with Crippen molar-refractivity contribution in [2.75, 3.05) is 0 Å². The van der Waals surface area contributed by atoms with Crippen LogP contribution in [0.5, 0.6) is 0 Å². The summed E-state index contributed by atoms with van der Waals surface area (Å²) in [6, 6.07) is 0. The van der Waals surface area contributed by atoms with Crippen molar-refractivity contribution >= 4 is 5.84 Å². The SMILES string of the molecule is CCC1(N)N=C(N)C(F)=CN1. The minimum atomic E-state index is -0.931. The van der Waals surface area contributed by atoms with Gasteiger partial charge in [0.25, 0.3) is 0 Å². The highest BCUT2D eigenvalue weighted by Gasteiger charge is 2.24. The summed E-state index contributed by atoms with van der Waals surface area (Å²) in [5.41, 5.74) is 10.8. The fourth-order valence-electron chi connectivity index (χ4n) is 0.744. The third-order valence-corrected chi connectivity index (χ3v) is 1.55. The van der Waals surface area contributed by atoms with Crippen LogP contribution in [0.2, 0.25) is 0 Å². The van der Waals surface area contributed by atoms with E-state index in [4.69, 9.17) is 11.5 Å². The highest BCUT2D eigenvalue weighted by atomic mass is 19.1. The van der Waals surface area contributed by atoms with Crippen molar-refractivity contribution in [2.24, 2.45) is 16.5 Å². The number of nitrogens with two attached hydrogens (primary N) is 2. The van der Waals surface area contributed by atoms with E-state index in [1.54, 1.807) is 0 Å². The maximum atomic E-state index is 12.5. The molecule has 0 spiro atoms. The van der Waals surface area contributed by atoms with Gasteiger partial charge in [0.05, 0.1) is 0 Å². The monoisotopic (exact) mass is 158 g/mol. The van der Waals surface area contributed by atoms with E-state index >= 15 is 0 Å². The minimum Gasteiger partial charge on any atom is -0.381 e. The third-order valence-electron chi connectivity index (χ3n) is 1.55. The predicted molar refractivity (Wildman–Crippen MR) is 41.2 cm³/mol. The lowest BCUT2D eigenvalue weighted by molar-refractivity contribution is 0.371. The first kappa shape index (κ1) is 8.00. The summed E-state index contributed by atoms with van der Waals surface area (Å²) in [4.78, 5) is 3.73. The summed E-state index contributed by atoms with van der Waals surface area (Å²) in [5.74, 6) is -1.65. The number of rotatable bonds is 1. The molecule has 11 heavy (non-hydrogen) atoms. The molecule has 0 aromatic rings. The molecule has 0 fully saturated rings. The van der Waals surface area contributed by atoms with E-state index in [1.165, 1.54) is 0 Å². The molecule has 0 saturated carbocycles. The quantitative estimate of drug-likeness (QED) is 0.493. The number of hydrogen-bond acceptors (Lipinski definition) is 4. The molecule has 0 aliphatic carbocycles. The van der Waals surface area contributed by atoms with Crippen molar-refractivity contribution in [3.05, 3.63) is 12.0 Å². The molecule has 0 radical (unpaired) electrons. The van der Waals surface area contributed by atoms with Crippen LogP contribution in [-0.2, 0) is 0 Å². The Morgan fingerprint density at radius 2 is 2.45 bits per heavy atom. The van der Waals surface area contributed by atoms with Crippen LogP contribution in [0.25, 0.3) is 0 Å². The van der Waals surface area contributed by atoms with Gasteiger partial charge in [-0.15, -0.1) is 0 Å². The molecule has 1 aliphatic rings. The molecule has 0 aromatic carbocycles. The number of amidine groups is 1. The zero-order valence-electron chi connectivity index (χ0n) is 6.26. The number of hydrogen-bond donors (Lipinski definition) is 3. The highest BCUT2D eigenvalue weighted by molar-refractivity contribution is 5.95. The molecule has 0 saturated heterocycles. The third kappa shape index (κ3) is 1.48. The Hall–Kier alpha value is -1.10. The summed E-state index contributed by atoms with van der Waals surface area (Å²) in [7, 11) is 0. The molecule has 1 unspecified atom stereocenters. The molecule has 1 heterocycles. The molecule has 1 aliphatic heterocycles. The van der Waals surface area contributed by atoms with Crippen LogP contribution >= 0.6 is 0 Å². The van der Waals surface area contributed by atoms with Crippen LogP contribution in [0.15, 0.2) is 17.0 Å². The highest BCUT2D eigenvalue weighted by Crippen LogP contribution is 2.11. The topological polar surface area (TPSA) is 76.4 Å². The Labute approximate surface area is 64.2 Å². The molecule has 5 N–H and O–H groups in total. The molecule has 62 valence electrons. The van der Waals surface area contributed by atoms with Crippen molar-refractivity contribution in [1.29, 1.82) is 0 Å². The van der Waals surface area contributed by atoms with E-state index in [0.717, 1.165) is 6.20 Å². The summed E-state index contributed by atoms with van der Waals surface area (Å²) in [5, 5.41) is 2.60. The minimum absolute atomic E-state index is 0.145. The van der Waals surface area contributed by atoms with Gasteiger partial charge in [0.15, 0.2) is 17.4 Å². The molecule has 5 heteroatoms.